The van der Waals surface area contributed by atoms with Crippen molar-refractivity contribution < 1.29 is 19.0 Å². The van der Waals surface area contributed by atoms with Crippen molar-refractivity contribution in [3.05, 3.63) is 46.2 Å². The highest BCUT2D eigenvalue weighted by Crippen LogP contribution is 2.32. The highest BCUT2D eigenvalue weighted by molar-refractivity contribution is 7.12. The zero-order valence-corrected chi connectivity index (χ0v) is 12.7. The molecule has 1 aliphatic rings. The van der Waals surface area contributed by atoms with Gasteiger partial charge in [0.2, 0.25) is 6.79 Å². The van der Waals surface area contributed by atoms with E-state index in [2.05, 4.69) is 10.3 Å². The second-order valence-electron chi connectivity index (χ2n) is 4.44. The first-order valence-corrected chi connectivity index (χ1v) is 7.46. The molecule has 1 aliphatic heterocycles. The van der Waals surface area contributed by atoms with Crippen molar-refractivity contribution in [2.24, 2.45) is 4.99 Å². The van der Waals surface area contributed by atoms with Gasteiger partial charge >= 0.3 is 0 Å². The number of hydrogen-bond donors (Lipinski definition) is 1. The lowest BCUT2D eigenvalue weighted by Crippen LogP contribution is -2.31. The maximum Gasteiger partial charge on any atom is 0.291 e. The number of methoxy groups -OCH3 is 1. The Bertz CT molecular complexity index is 698. The first-order chi connectivity index (χ1) is 10.8. The Hall–Kier alpha value is -2.54. The molecular weight excluding hydrogens is 304 g/mol. The monoisotopic (exact) mass is 318 g/mol. The maximum absolute atomic E-state index is 11.9. The molecule has 114 valence electrons. The van der Waals surface area contributed by atoms with Crippen LogP contribution in [0.3, 0.4) is 0 Å². The molecule has 7 heteroatoms. The van der Waals surface area contributed by atoms with Crippen LogP contribution in [0, 0.1) is 0 Å². The minimum Gasteiger partial charge on any atom is -0.468 e. The van der Waals surface area contributed by atoms with E-state index in [0.717, 1.165) is 11.3 Å². The van der Waals surface area contributed by atoms with Gasteiger partial charge in [0.05, 0.1) is 18.5 Å². The number of rotatable bonds is 3. The average molecular weight is 318 g/mol. The number of hydrogen-bond acceptors (Lipinski definition) is 6. The van der Waals surface area contributed by atoms with Crippen molar-refractivity contribution in [3.63, 3.8) is 0 Å². The van der Waals surface area contributed by atoms with Crippen LogP contribution in [-0.4, -0.2) is 25.8 Å². The lowest BCUT2D eigenvalue weighted by Gasteiger charge is -2.06. The lowest BCUT2D eigenvalue weighted by molar-refractivity contribution is 0.0972. The van der Waals surface area contributed by atoms with Gasteiger partial charge in [0.1, 0.15) is 0 Å². The zero-order chi connectivity index (χ0) is 15.4. The van der Waals surface area contributed by atoms with Gasteiger partial charge in [-0.15, -0.1) is 11.3 Å². The third-order valence-corrected chi connectivity index (χ3v) is 3.87. The van der Waals surface area contributed by atoms with E-state index >= 15 is 0 Å². The molecule has 2 aromatic rings. The van der Waals surface area contributed by atoms with Gasteiger partial charge in [0.25, 0.3) is 11.9 Å². The summed E-state index contributed by atoms with van der Waals surface area (Å²) in [5.41, 5.74) is 0.934. The molecule has 0 spiro atoms. The molecule has 6 nitrogen and oxygen atoms in total. The number of amidine groups is 1. The number of benzene rings is 1. The highest BCUT2D eigenvalue weighted by atomic mass is 32.1. The Kier molecular flexibility index (Phi) is 4.24. The summed E-state index contributed by atoms with van der Waals surface area (Å²) in [7, 11) is 1.47. The van der Waals surface area contributed by atoms with E-state index in [0.29, 0.717) is 17.2 Å². The zero-order valence-electron chi connectivity index (χ0n) is 11.9. The number of fused-ring (bicyclic) bond motifs is 1. The van der Waals surface area contributed by atoms with Gasteiger partial charge in [-0.3, -0.25) is 10.1 Å². The Labute approximate surface area is 131 Å². The van der Waals surface area contributed by atoms with E-state index in [1.54, 1.807) is 6.07 Å². The number of ether oxygens (including phenoxy) is 3. The Morgan fingerprint density at radius 2 is 2.23 bits per heavy atom. The van der Waals surface area contributed by atoms with E-state index in [1.807, 2.05) is 29.6 Å². The molecule has 0 saturated carbocycles. The summed E-state index contributed by atoms with van der Waals surface area (Å²) in [5.74, 6) is 1.20. The molecule has 0 saturated heterocycles. The van der Waals surface area contributed by atoms with Crippen molar-refractivity contribution in [2.75, 3.05) is 13.9 Å². The summed E-state index contributed by atoms with van der Waals surface area (Å²) in [5, 5.41) is 4.47. The topological polar surface area (TPSA) is 69.2 Å². The number of nitrogens with zero attached hydrogens (tertiary/aromatic N) is 1. The molecule has 1 N–H and O–H groups in total. The summed E-state index contributed by atoms with van der Waals surface area (Å²) < 4.78 is 15.7. The van der Waals surface area contributed by atoms with Crippen LogP contribution in [0.2, 0.25) is 0 Å². The van der Waals surface area contributed by atoms with E-state index in [-0.39, 0.29) is 18.7 Å². The van der Waals surface area contributed by atoms with Crippen LogP contribution in [0.4, 0.5) is 0 Å². The molecule has 0 fully saturated rings. The summed E-state index contributed by atoms with van der Waals surface area (Å²) in [6.07, 6.45) is 0. The maximum atomic E-state index is 11.9. The molecule has 0 unspecified atom stereocenters. The molecule has 0 aliphatic carbocycles. The molecule has 2 heterocycles. The minimum absolute atomic E-state index is 0.177. The highest BCUT2D eigenvalue weighted by Gasteiger charge is 2.13. The predicted molar refractivity (Wildman–Crippen MR) is 82.5 cm³/mol. The van der Waals surface area contributed by atoms with E-state index < -0.39 is 0 Å². The molecule has 22 heavy (non-hydrogen) atoms. The third-order valence-electron chi connectivity index (χ3n) is 3.00. The fourth-order valence-electron chi connectivity index (χ4n) is 1.92. The van der Waals surface area contributed by atoms with Crippen LogP contribution in [0.1, 0.15) is 15.2 Å². The fraction of sp³-hybridized carbons (Fsp3) is 0.200. The summed E-state index contributed by atoms with van der Waals surface area (Å²) in [6.45, 7) is 0.604. The molecular formula is C15H14N2O4S. The van der Waals surface area contributed by atoms with Crippen LogP contribution in [0.15, 0.2) is 40.7 Å². The second-order valence-corrected chi connectivity index (χ2v) is 5.39. The minimum atomic E-state index is -0.235. The quantitative estimate of drug-likeness (QED) is 0.697. The van der Waals surface area contributed by atoms with Crippen LogP contribution < -0.4 is 14.8 Å². The summed E-state index contributed by atoms with van der Waals surface area (Å²) in [6, 6.07) is 9.33. The molecule has 0 radical (unpaired) electrons. The summed E-state index contributed by atoms with van der Waals surface area (Å²) >= 11 is 1.36. The van der Waals surface area contributed by atoms with Crippen LogP contribution in [0.25, 0.3) is 0 Å². The van der Waals surface area contributed by atoms with Crippen molar-refractivity contribution in [1.29, 1.82) is 0 Å². The number of aliphatic imine (C=N–C) groups is 1. The van der Waals surface area contributed by atoms with Crippen LogP contribution >= 0.6 is 11.3 Å². The van der Waals surface area contributed by atoms with E-state index in [9.17, 15) is 4.79 Å². The van der Waals surface area contributed by atoms with Gasteiger partial charge in [-0.2, -0.15) is 0 Å². The Morgan fingerprint density at radius 3 is 3.00 bits per heavy atom. The van der Waals surface area contributed by atoms with Gasteiger partial charge < -0.3 is 14.2 Å². The van der Waals surface area contributed by atoms with Gasteiger partial charge in [0.15, 0.2) is 11.5 Å². The number of amides is 1. The predicted octanol–water partition coefficient (Wildman–Crippen LogP) is 2.41. The first kappa shape index (κ1) is 14.4. The normalized spacial score (nSPS) is 13.0. The standard InChI is InChI=1S/C15H14N2O4S/c1-19-15(17-14(18)13-3-2-6-22-13)16-8-10-4-5-11-12(7-10)21-9-20-11/h2-7H,8-9H2,1H3,(H,16,17,18). The number of carbonyl (C=O) groups excluding carboxylic acids is 1. The SMILES string of the molecule is COC(=NCc1ccc2c(c1)OCO2)NC(=O)c1cccs1. The first-order valence-electron chi connectivity index (χ1n) is 6.58. The second kappa shape index (κ2) is 6.48. The van der Waals surface area contributed by atoms with E-state index in [4.69, 9.17) is 14.2 Å². The number of nitrogens with one attached hydrogen (secondary N) is 1. The van der Waals surface area contributed by atoms with Crippen molar-refractivity contribution >= 4 is 23.3 Å². The Morgan fingerprint density at radius 1 is 1.36 bits per heavy atom. The molecule has 1 amide bonds. The smallest absolute Gasteiger partial charge is 0.291 e. The van der Waals surface area contributed by atoms with Crippen LogP contribution in [-0.2, 0) is 11.3 Å². The van der Waals surface area contributed by atoms with Crippen LogP contribution in [0.5, 0.6) is 11.5 Å². The van der Waals surface area contributed by atoms with Crippen molar-refractivity contribution in [2.45, 2.75) is 6.54 Å². The summed E-state index contributed by atoms with van der Waals surface area (Å²) in [4.78, 5) is 16.8. The fourth-order valence-corrected chi connectivity index (χ4v) is 2.54. The van der Waals surface area contributed by atoms with Gasteiger partial charge in [-0.05, 0) is 29.1 Å². The van der Waals surface area contributed by atoms with Crippen molar-refractivity contribution in [3.8, 4) is 11.5 Å². The average Bonchev–Trinajstić information content (AvgIpc) is 3.21. The molecule has 3 rings (SSSR count). The molecule has 1 aromatic carbocycles. The number of carbonyl (C=O) groups is 1. The van der Waals surface area contributed by atoms with E-state index in [1.165, 1.54) is 18.4 Å². The van der Waals surface area contributed by atoms with Gasteiger partial charge in [-0.1, -0.05) is 12.1 Å². The largest absolute Gasteiger partial charge is 0.468 e. The molecule has 1 aromatic heterocycles. The molecule has 0 atom stereocenters. The van der Waals surface area contributed by atoms with Crippen molar-refractivity contribution in [1.82, 2.24) is 5.32 Å². The lowest BCUT2D eigenvalue weighted by atomic mass is 10.2. The Balaban J connectivity index is 1.66. The number of thiophene rings is 1. The van der Waals surface area contributed by atoms with Gasteiger partial charge in [-0.25, -0.2) is 4.99 Å². The van der Waals surface area contributed by atoms with Gasteiger partial charge in [0, 0.05) is 0 Å². The third kappa shape index (κ3) is 3.20. The molecule has 0 bridgehead atoms.